The Morgan fingerprint density at radius 3 is 2.75 bits per heavy atom. The third-order valence-corrected chi connectivity index (χ3v) is 2.92. The predicted molar refractivity (Wildman–Crippen MR) is 59.9 cm³/mol. The molecule has 0 atom stereocenters. The third-order valence-electron chi connectivity index (χ3n) is 2.92. The molecule has 0 spiro atoms. The molecule has 0 amide bonds. The molecule has 2 heterocycles. The molecule has 1 fully saturated rings. The Kier molecular flexibility index (Phi) is 3.38. The number of aliphatic hydroxyl groups is 1. The molecule has 0 bridgehead atoms. The van der Waals surface area contributed by atoms with Gasteiger partial charge in [-0.3, -0.25) is 15.6 Å². The fraction of sp³-hybridized carbons (Fsp3) is 0.545. The summed E-state index contributed by atoms with van der Waals surface area (Å²) >= 11 is 0. The highest BCUT2D eigenvalue weighted by Crippen LogP contribution is 2.28. The zero-order valence-corrected chi connectivity index (χ0v) is 9.32. The van der Waals surface area contributed by atoms with Crippen LogP contribution in [0.1, 0.15) is 29.4 Å². The van der Waals surface area contributed by atoms with Gasteiger partial charge in [-0.2, -0.15) is 0 Å². The molecule has 0 radical (unpaired) electrons. The van der Waals surface area contributed by atoms with Gasteiger partial charge in [0.1, 0.15) is 5.75 Å². The molecular formula is C11H17N3O2. The highest BCUT2D eigenvalue weighted by molar-refractivity contribution is 5.41. The lowest BCUT2D eigenvalue weighted by Gasteiger charge is -2.27. The van der Waals surface area contributed by atoms with E-state index in [9.17, 15) is 10.2 Å². The molecule has 1 aliphatic heterocycles. The van der Waals surface area contributed by atoms with Gasteiger partial charge >= 0.3 is 0 Å². The summed E-state index contributed by atoms with van der Waals surface area (Å²) in [5, 5.41) is 25.7. The van der Waals surface area contributed by atoms with Gasteiger partial charge in [-0.15, -0.1) is 0 Å². The van der Waals surface area contributed by atoms with Crippen molar-refractivity contribution in [2.75, 3.05) is 13.1 Å². The summed E-state index contributed by atoms with van der Waals surface area (Å²) in [6.45, 7) is 3.53. The molecule has 1 aromatic rings. The lowest BCUT2D eigenvalue weighted by atomic mass is 10.0. The second kappa shape index (κ2) is 4.78. The maximum atomic E-state index is 9.85. The van der Waals surface area contributed by atoms with E-state index in [4.69, 9.17) is 0 Å². The van der Waals surface area contributed by atoms with Gasteiger partial charge < -0.3 is 10.2 Å². The van der Waals surface area contributed by atoms with Crippen LogP contribution in [0, 0.1) is 6.92 Å². The normalized spacial score (nSPS) is 17.6. The van der Waals surface area contributed by atoms with Crippen LogP contribution >= 0.6 is 0 Å². The number of pyridine rings is 1. The van der Waals surface area contributed by atoms with E-state index < -0.39 is 0 Å². The van der Waals surface area contributed by atoms with E-state index in [0.717, 1.165) is 30.8 Å². The lowest BCUT2D eigenvalue weighted by molar-refractivity contribution is 0.272. The highest BCUT2D eigenvalue weighted by Gasteiger charge is 2.22. The lowest BCUT2D eigenvalue weighted by Crippen LogP contribution is -2.41. The van der Waals surface area contributed by atoms with E-state index >= 15 is 0 Å². The van der Waals surface area contributed by atoms with Crippen molar-refractivity contribution in [3.05, 3.63) is 23.0 Å². The Hall–Kier alpha value is -1.17. The predicted octanol–water partition coefficient (Wildman–Crippen LogP) is 0.169. The van der Waals surface area contributed by atoms with Crippen LogP contribution in [0.2, 0.25) is 0 Å². The molecule has 4 N–H and O–H groups in total. The van der Waals surface area contributed by atoms with Crippen molar-refractivity contribution in [3.8, 4) is 5.75 Å². The monoisotopic (exact) mass is 223 g/mol. The van der Waals surface area contributed by atoms with Gasteiger partial charge in [-0.25, -0.2) is 0 Å². The minimum Gasteiger partial charge on any atom is -0.506 e. The summed E-state index contributed by atoms with van der Waals surface area (Å²) in [6.07, 6.45) is 2.40. The van der Waals surface area contributed by atoms with Crippen LogP contribution in [0.3, 0.4) is 0 Å². The number of hydrogen-bond acceptors (Lipinski definition) is 5. The molecule has 1 saturated heterocycles. The second-order valence-corrected chi connectivity index (χ2v) is 3.97. The number of nitrogens with one attached hydrogen (secondary N) is 2. The molecule has 0 unspecified atom stereocenters. The number of rotatable bonds is 2. The van der Waals surface area contributed by atoms with Gasteiger partial charge in [0.15, 0.2) is 0 Å². The summed E-state index contributed by atoms with van der Waals surface area (Å²) in [6, 6.07) is 0. The Balaban J connectivity index is 2.40. The fourth-order valence-corrected chi connectivity index (χ4v) is 2.03. The second-order valence-electron chi connectivity index (χ2n) is 3.97. The topological polar surface area (TPSA) is 77.4 Å². The van der Waals surface area contributed by atoms with Crippen molar-refractivity contribution >= 4 is 0 Å². The van der Waals surface area contributed by atoms with E-state index in [-0.39, 0.29) is 18.5 Å². The van der Waals surface area contributed by atoms with Gasteiger partial charge in [-0.1, -0.05) is 0 Å². The minimum absolute atomic E-state index is 0.0994. The molecule has 0 aliphatic carbocycles. The summed E-state index contributed by atoms with van der Waals surface area (Å²) < 4.78 is 0. The van der Waals surface area contributed by atoms with Crippen molar-refractivity contribution in [1.29, 1.82) is 0 Å². The van der Waals surface area contributed by atoms with Crippen molar-refractivity contribution in [3.63, 3.8) is 0 Å². The summed E-state index contributed by atoms with van der Waals surface area (Å²) in [4.78, 5) is 4.04. The number of aromatic nitrogens is 1. The number of aryl methyl sites for hydroxylation is 1. The zero-order valence-electron chi connectivity index (χ0n) is 9.32. The van der Waals surface area contributed by atoms with E-state index in [1.165, 1.54) is 6.20 Å². The first-order chi connectivity index (χ1) is 7.74. The Labute approximate surface area is 94.5 Å². The first-order valence-electron chi connectivity index (χ1n) is 5.49. The van der Waals surface area contributed by atoms with Crippen molar-refractivity contribution in [2.45, 2.75) is 26.1 Å². The molecule has 16 heavy (non-hydrogen) atoms. The van der Waals surface area contributed by atoms with Gasteiger partial charge in [-0.05, 0) is 26.4 Å². The molecule has 1 aliphatic rings. The minimum atomic E-state index is -0.109. The Bertz CT molecular complexity index is 376. The van der Waals surface area contributed by atoms with Crippen LogP contribution in [0.4, 0.5) is 0 Å². The SMILES string of the molecule is Cc1ncc(O)c(C2NCCCN2)c1CO. The summed E-state index contributed by atoms with van der Waals surface area (Å²) in [5.41, 5.74) is 2.17. The maximum absolute atomic E-state index is 9.85. The van der Waals surface area contributed by atoms with E-state index in [0.29, 0.717) is 5.56 Å². The summed E-state index contributed by atoms with van der Waals surface area (Å²) in [7, 11) is 0. The molecule has 2 rings (SSSR count). The third kappa shape index (κ3) is 2.02. The molecular weight excluding hydrogens is 206 g/mol. The van der Waals surface area contributed by atoms with Gasteiger partial charge in [0.05, 0.1) is 19.0 Å². The first-order valence-corrected chi connectivity index (χ1v) is 5.49. The van der Waals surface area contributed by atoms with Crippen LogP contribution in [0.25, 0.3) is 0 Å². The number of aromatic hydroxyl groups is 1. The van der Waals surface area contributed by atoms with Crippen LogP contribution in [-0.2, 0) is 6.61 Å². The average Bonchev–Trinajstić information content (AvgIpc) is 2.33. The van der Waals surface area contributed by atoms with E-state index in [2.05, 4.69) is 15.6 Å². The molecule has 5 nitrogen and oxygen atoms in total. The number of aliphatic hydroxyl groups excluding tert-OH is 1. The van der Waals surface area contributed by atoms with Crippen molar-refractivity contribution in [2.24, 2.45) is 0 Å². The number of hydrogen-bond donors (Lipinski definition) is 4. The zero-order chi connectivity index (χ0) is 11.5. The first kappa shape index (κ1) is 11.3. The van der Waals surface area contributed by atoms with E-state index in [1.54, 1.807) is 0 Å². The largest absolute Gasteiger partial charge is 0.506 e. The number of nitrogens with zero attached hydrogens (tertiary/aromatic N) is 1. The van der Waals surface area contributed by atoms with Gasteiger partial charge in [0.25, 0.3) is 0 Å². The van der Waals surface area contributed by atoms with Crippen molar-refractivity contribution < 1.29 is 10.2 Å². The molecule has 88 valence electrons. The maximum Gasteiger partial charge on any atom is 0.140 e. The van der Waals surface area contributed by atoms with Gasteiger partial charge in [0, 0.05) is 16.8 Å². The van der Waals surface area contributed by atoms with Crippen LogP contribution < -0.4 is 10.6 Å². The smallest absolute Gasteiger partial charge is 0.140 e. The standard InChI is InChI=1S/C11H17N3O2/c1-7-8(6-15)10(9(16)5-14-7)11-12-3-2-4-13-11/h5,11-13,15-16H,2-4,6H2,1H3. The van der Waals surface area contributed by atoms with Crippen LogP contribution in [0.5, 0.6) is 5.75 Å². The Morgan fingerprint density at radius 1 is 1.44 bits per heavy atom. The average molecular weight is 223 g/mol. The van der Waals surface area contributed by atoms with Crippen LogP contribution in [-0.4, -0.2) is 28.3 Å². The van der Waals surface area contributed by atoms with Gasteiger partial charge in [0.2, 0.25) is 0 Å². The molecule has 0 saturated carbocycles. The Morgan fingerprint density at radius 2 is 2.12 bits per heavy atom. The molecule has 0 aromatic carbocycles. The molecule has 1 aromatic heterocycles. The molecule has 5 heteroatoms. The highest BCUT2D eigenvalue weighted by atomic mass is 16.3. The summed E-state index contributed by atoms with van der Waals surface area (Å²) in [5.74, 6) is 0.126. The van der Waals surface area contributed by atoms with Crippen LogP contribution in [0.15, 0.2) is 6.20 Å². The van der Waals surface area contributed by atoms with E-state index in [1.807, 2.05) is 6.92 Å². The fourth-order valence-electron chi connectivity index (χ4n) is 2.03. The van der Waals surface area contributed by atoms with Crippen molar-refractivity contribution in [1.82, 2.24) is 15.6 Å². The quantitative estimate of drug-likeness (QED) is 0.575.